The van der Waals surface area contributed by atoms with Gasteiger partial charge in [-0.1, -0.05) is 12.1 Å². The van der Waals surface area contributed by atoms with Crippen LogP contribution in [-0.4, -0.2) is 60.2 Å². The van der Waals surface area contributed by atoms with Gasteiger partial charge >= 0.3 is 0 Å². The van der Waals surface area contributed by atoms with Crippen molar-refractivity contribution in [2.45, 2.75) is 18.2 Å². The lowest BCUT2D eigenvalue weighted by Gasteiger charge is -2.34. The molecular formula is C21H29N3O3S. The summed E-state index contributed by atoms with van der Waals surface area (Å²) in [6.45, 7) is 6.43. The van der Waals surface area contributed by atoms with Crippen LogP contribution in [0.15, 0.2) is 47.4 Å². The molecule has 0 atom stereocenters. The van der Waals surface area contributed by atoms with E-state index in [9.17, 15) is 8.42 Å². The maximum Gasteiger partial charge on any atom is 0.240 e. The largest absolute Gasteiger partial charge is 0.496 e. The Morgan fingerprint density at radius 1 is 1.04 bits per heavy atom. The van der Waals surface area contributed by atoms with Gasteiger partial charge in [-0.25, -0.2) is 13.1 Å². The smallest absolute Gasteiger partial charge is 0.240 e. The minimum Gasteiger partial charge on any atom is -0.496 e. The van der Waals surface area contributed by atoms with Crippen molar-refractivity contribution in [1.29, 1.82) is 0 Å². The molecule has 1 heterocycles. The fourth-order valence-electron chi connectivity index (χ4n) is 3.37. The highest BCUT2D eigenvalue weighted by molar-refractivity contribution is 7.89. The van der Waals surface area contributed by atoms with Crippen molar-refractivity contribution in [3.63, 3.8) is 0 Å². The number of benzene rings is 2. The Morgan fingerprint density at radius 2 is 1.71 bits per heavy atom. The van der Waals surface area contributed by atoms with E-state index in [2.05, 4.69) is 45.8 Å². The van der Waals surface area contributed by atoms with Gasteiger partial charge in [0.1, 0.15) is 5.75 Å². The number of anilines is 1. The number of nitrogens with one attached hydrogen (secondary N) is 1. The number of rotatable bonds is 7. The number of sulfonamides is 1. The quantitative estimate of drug-likeness (QED) is 0.769. The summed E-state index contributed by atoms with van der Waals surface area (Å²) in [5, 5.41) is 0. The number of aryl methyl sites for hydroxylation is 1. The Morgan fingerprint density at radius 3 is 2.32 bits per heavy atom. The second-order valence-electron chi connectivity index (χ2n) is 7.24. The molecule has 2 aromatic carbocycles. The normalized spacial score (nSPS) is 15.6. The van der Waals surface area contributed by atoms with Crippen molar-refractivity contribution in [2.75, 3.05) is 51.8 Å². The standard InChI is InChI=1S/C21H29N3O3S/c1-17-16-20(8-9-21(17)27-3)28(25,26)22-11-10-18-4-6-19(7-5-18)24-14-12-23(2)13-15-24/h4-9,16,22H,10-15H2,1-3H3. The lowest BCUT2D eigenvalue weighted by atomic mass is 10.1. The summed E-state index contributed by atoms with van der Waals surface area (Å²) in [6.07, 6.45) is 0.650. The highest BCUT2D eigenvalue weighted by atomic mass is 32.2. The van der Waals surface area contributed by atoms with E-state index in [1.807, 2.05) is 6.92 Å². The van der Waals surface area contributed by atoms with E-state index in [0.717, 1.165) is 37.3 Å². The molecule has 6 nitrogen and oxygen atoms in total. The first-order valence-corrected chi connectivity index (χ1v) is 11.0. The SMILES string of the molecule is COc1ccc(S(=O)(=O)NCCc2ccc(N3CCN(C)CC3)cc2)cc1C. The Labute approximate surface area is 168 Å². The Hall–Kier alpha value is -2.09. The van der Waals surface area contributed by atoms with E-state index < -0.39 is 10.0 Å². The zero-order valence-corrected chi connectivity index (χ0v) is 17.6. The summed E-state index contributed by atoms with van der Waals surface area (Å²) >= 11 is 0. The van der Waals surface area contributed by atoms with Crippen LogP contribution in [0.25, 0.3) is 0 Å². The zero-order valence-electron chi connectivity index (χ0n) is 16.8. The summed E-state index contributed by atoms with van der Waals surface area (Å²) in [7, 11) is 0.194. The molecule has 28 heavy (non-hydrogen) atoms. The van der Waals surface area contributed by atoms with Crippen LogP contribution in [0.1, 0.15) is 11.1 Å². The third-order valence-corrected chi connectivity index (χ3v) is 6.65. The lowest BCUT2D eigenvalue weighted by Crippen LogP contribution is -2.44. The molecule has 0 saturated carbocycles. The van der Waals surface area contributed by atoms with Crippen LogP contribution in [0.3, 0.4) is 0 Å². The maximum absolute atomic E-state index is 12.5. The lowest BCUT2D eigenvalue weighted by molar-refractivity contribution is 0.313. The van der Waals surface area contributed by atoms with Crippen LogP contribution < -0.4 is 14.4 Å². The molecule has 0 spiro atoms. The Bertz CT molecular complexity index is 890. The third-order valence-electron chi connectivity index (χ3n) is 5.19. The summed E-state index contributed by atoms with van der Waals surface area (Å²) in [4.78, 5) is 4.98. The minimum atomic E-state index is -3.53. The van der Waals surface area contributed by atoms with Gasteiger partial charge in [0.05, 0.1) is 12.0 Å². The fourth-order valence-corrected chi connectivity index (χ4v) is 4.49. The molecular weight excluding hydrogens is 374 g/mol. The molecule has 1 aliphatic rings. The second-order valence-corrected chi connectivity index (χ2v) is 9.00. The number of likely N-dealkylation sites (N-methyl/N-ethyl adjacent to an activating group) is 1. The molecule has 2 aromatic rings. The topological polar surface area (TPSA) is 61.9 Å². The van der Waals surface area contributed by atoms with Gasteiger partial charge in [-0.05, 0) is 61.9 Å². The highest BCUT2D eigenvalue weighted by Gasteiger charge is 2.16. The first kappa shape index (κ1) is 20.6. The molecule has 1 fully saturated rings. The summed E-state index contributed by atoms with van der Waals surface area (Å²) in [5.74, 6) is 0.680. The Balaban J connectivity index is 1.55. The first-order valence-electron chi connectivity index (χ1n) is 9.56. The molecule has 1 aliphatic heterocycles. The minimum absolute atomic E-state index is 0.260. The van der Waals surface area contributed by atoms with Crippen molar-refractivity contribution < 1.29 is 13.2 Å². The molecule has 0 aliphatic carbocycles. The first-order chi connectivity index (χ1) is 13.4. The van der Waals surface area contributed by atoms with E-state index in [1.54, 1.807) is 25.3 Å². The van der Waals surface area contributed by atoms with E-state index in [0.29, 0.717) is 18.7 Å². The predicted octanol–water partition coefficient (Wildman–Crippen LogP) is 2.28. The Kier molecular flexibility index (Phi) is 6.59. The van der Waals surface area contributed by atoms with Crippen molar-refractivity contribution in [3.8, 4) is 5.75 Å². The van der Waals surface area contributed by atoms with Crippen LogP contribution in [0.5, 0.6) is 5.75 Å². The van der Waals surface area contributed by atoms with Crippen molar-refractivity contribution in [2.24, 2.45) is 0 Å². The van der Waals surface area contributed by atoms with E-state index in [1.165, 1.54) is 5.69 Å². The van der Waals surface area contributed by atoms with Crippen LogP contribution >= 0.6 is 0 Å². The van der Waals surface area contributed by atoms with Crippen molar-refractivity contribution in [3.05, 3.63) is 53.6 Å². The molecule has 3 rings (SSSR count). The second kappa shape index (κ2) is 8.94. The maximum atomic E-state index is 12.5. The fraction of sp³-hybridized carbons (Fsp3) is 0.429. The van der Waals surface area contributed by atoms with Crippen LogP contribution in [0.4, 0.5) is 5.69 Å². The number of nitrogens with zero attached hydrogens (tertiary/aromatic N) is 2. The van der Waals surface area contributed by atoms with E-state index in [-0.39, 0.29) is 4.90 Å². The number of piperazine rings is 1. The van der Waals surface area contributed by atoms with Gasteiger partial charge in [-0.3, -0.25) is 0 Å². The molecule has 1 saturated heterocycles. The zero-order chi connectivity index (χ0) is 20.1. The van der Waals surface area contributed by atoms with Gasteiger partial charge in [0.15, 0.2) is 0 Å². The molecule has 0 amide bonds. The van der Waals surface area contributed by atoms with E-state index in [4.69, 9.17) is 4.74 Å². The molecule has 1 N–H and O–H groups in total. The molecule has 152 valence electrons. The summed E-state index contributed by atoms with van der Waals surface area (Å²) in [6, 6.07) is 13.3. The number of methoxy groups -OCH3 is 1. The van der Waals surface area contributed by atoms with Gasteiger partial charge in [0, 0.05) is 38.4 Å². The molecule has 0 aromatic heterocycles. The summed E-state index contributed by atoms with van der Waals surface area (Å²) < 4.78 is 32.9. The van der Waals surface area contributed by atoms with Crippen molar-refractivity contribution in [1.82, 2.24) is 9.62 Å². The van der Waals surface area contributed by atoms with Gasteiger partial charge < -0.3 is 14.5 Å². The van der Waals surface area contributed by atoms with Crippen LogP contribution in [0, 0.1) is 6.92 Å². The summed E-state index contributed by atoms with van der Waals surface area (Å²) in [5.41, 5.74) is 3.14. The monoisotopic (exact) mass is 403 g/mol. The molecule has 0 radical (unpaired) electrons. The molecule has 0 unspecified atom stereocenters. The number of hydrogen-bond donors (Lipinski definition) is 1. The average Bonchev–Trinajstić information content (AvgIpc) is 2.69. The van der Waals surface area contributed by atoms with Crippen molar-refractivity contribution >= 4 is 15.7 Å². The van der Waals surface area contributed by atoms with Gasteiger partial charge in [-0.2, -0.15) is 0 Å². The predicted molar refractivity (Wildman–Crippen MR) is 113 cm³/mol. The highest BCUT2D eigenvalue weighted by Crippen LogP contribution is 2.21. The average molecular weight is 404 g/mol. The number of hydrogen-bond acceptors (Lipinski definition) is 5. The van der Waals surface area contributed by atoms with E-state index >= 15 is 0 Å². The van der Waals surface area contributed by atoms with Crippen LogP contribution in [-0.2, 0) is 16.4 Å². The van der Waals surface area contributed by atoms with Gasteiger partial charge in [-0.15, -0.1) is 0 Å². The van der Waals surface area contributed by atoms with Gasteiger partial charge in [0.2, 0.25) is 10.0 Å². The third kappa shape index (κ3) is 5.04. The molecule has 7 heteroatoms. The molecule has 0 bridgehead atoms. The van der Waals surface area contributed by atoms with Gasteiger partial charge in [0.25, 0.3) is 0 Å². The van der Waals surface area contributed by atoms with Crippen LogP contribution in [0.2, 0.25) is 0 Å². The number of ether oxygens (including phenoxy) is 1.